The number of nitrogens with one attached hydrogen (secondary N) is 1. The van der Waals surface area contributed by atoms with E-state index in [1.165, 1.54) is 37.0 Å². The second-order valence-electron chi connectivity index (χ2n) is 3.93. The standard InChI is InChI=1S/C11H21NS/c1-9(2)11(12-3)8-13-10-6-4-5-7-10/h10-12H,1,4-8H2,2-3H3. The van der Waals surface area contributed by atoms with Crippen LogP contribution >= 0.6 is 11.8 Å². The quantitative estimate of drug-likeness (QED) is 0.683. The average molecular weight is 199 g/mol. The molecule has 2 heteroatoms. The first-order valence-corrected chi connectivity index (χ1v) is 6.23. The zero-order valence-electron chi connectivity index (χ0n) is 8.81. The summed E-state index contributed by atoms with van der Waals surface area (Å²) in [7, 11) is 2.02. The molecule has 0 aliphatic heterocycles. The second kappa shape index (κ2) is 5.71. The van der Waals surface area contributed by atoms with Crippen molar-refractivity contribution in [2.45, 2.75) is 43.9 Å². The van der Waals surface area contributed by atoms with Gasteiger partial charge in [0.05, 0.1) is 0 Å². The largest absolute Gasteiger partial charge is 0.313 e. The Morgan fingerprint density at radius 3 is 2.62 bits per heavy atom. The molecule has 1 atom stereocenters. The van der Waals surface area contributed by atoms with Crippen LogP contribution in [0.15, 0.2) is 12.2 Å². The van der Waals surface area contributed by atoms with Gasteiger partial charge < -0.3 is 5.32 Å². The zero-order chi connectivity index (χ0) is 9.68. The molecule has 0 heterocycles. The minimum absolute atomic E-state index is 0.505. The summed E-state index contributed by atoms with van der Waals surface area (Å²) in [4.78, 5) is 0. The van der Waals surface area contributed by atoms with Crippen LogP contribution in [0.2, 0.25) is 0 Å². The Morgan fingerprint density at radius 2 is 2.15 bits per heavy atom. The molecule has 13 heavy (non-hydrogen) atoms. The molecular weight excluding hydrogens is 178 g/mol. The molecule has 1 N–H and O–H groups in total. The van der Waals surface area contributed by atoms with Crippen LogP contribution in [-0.2, 0) is 0 Å². The molecule has 0 amide bonds. The fourth-order valence-corrected chi connectivity index (χ4v) is 3.34. The lowest BCUT2D eigenvalue weighted by molar-refractivity contribution is 0.701. The lowest BCUT2D eigenvalue weighted by atomic mass is 10.2. The topological polar surface area (TPSA) is 12.0 Å². The van der Waals surface area contributed by atoms with Crippen molar-refractivity contribution in [2.75, 3.05) is 12.8 Å². The van der Waals surface area contributed by atoms with Crippen molar-refractivity contribution in [3.05, 3.63) is 12.2 Å². The van der Waals surface area contributed by atoms with Crippen molar-refractivity contribution in [2.24, 2.45) is 0 Å². The van der Waals surface area contributed by atoms with Gasteiger partial charge >= 0.3 is 0 Å². The van der Waals surface area contributed by atoms with Gasteiger partial charge in [-0.25, -0.2) is 0 Å². The van der Waals surface area contributed by atoms with E-state index in [0.717, 1.165) is 5.25 Å². The summed E-state index contributed by atoms with van der Waals surface area (Å²) >= 11 is 2.12. The highest BCUT2D eigenvalue weighted by molar-refractivity contribution is 7.99. The minimum atomic E-state index is 0.505. The minimum Gasteiger partial charge on any atom is -0.313 e. The molecule has 0 aromatic rings. The highest BCUT2D eigenvalue weighted by Gasteiger charge is 2.17. The summed E-state index contributed by atoms with van der Waals surface area (Å²) in [5, 5.41) is 4.23. The van der Waals surface area contributed by atoms with Crippen LogP contribution in [-0.4, -0.2) is 24.1 Å². The van der Waals surface area contributed by atoms with E-state index in [4.69, 9.17) is 0 Å². The van der Waals surface area contributed by atoms with Crippen molar-refractivity contribution in [3.8, 4) is 0 Å². The number of thioether (sulfide) groups is 1. The van der Waals surface area contributed by atoms with Gasteiger partial charge in [-0.2, -0.15) is 11.8 Å². The first-order valence-electron chi connectivity index (χ1n) is 5.18. The van der Waals surface area contributed by atoms with Crippen molar-refractivity contribution < 1.29 is 0 Å². The summed E-state index contributed by atoms with van der Waals surface area (Å²) in [6, 6.07) is 0.505. The summed E-state index contributed by atoms with van der Waals surface area (Å²) in [6.45, 7) is 6.10. The van der Waals surface area contributed by atoms with Gasteiger partial charge in [0.15, 0.2) is 0 Å². The molecule has 1 unspecified atom stereocenters. The molecule has 0 spiro atoms. The molecule has 0 bridgehead atoms. The molecule has 1 saturated carbocycles. The van der Waals surface area contributed by atoms with E-state index >= 15 is 0 Å². The van der Waals surface area contributed by atoms with Gasteiger partial charge in [0.1, 0.15) is 0 Å². The predicted molar refractivity (Wildman–Crippen MR) is 62.4 cm³/mol. The fourth-order valence-electron chi connectivity index (χ4n) is 1.76. The van der Waals surface area contributed by atoms with Crippen LogP contribution in [0.1, 0.15) is 32.6 Å². The maximum absolute atomic E-state index is 4.00. The van der Waals surface area contributed by atoms with Crippen LogP contribution in [0, 0.1) is 0 Å². The maximum Gasteiger partial charge on any atom is 0.0363 e. The lowest BCUT2D eigenvalue weighted by Crippen LogP contribution is -2.29. The van der Waals surface area contributed by atoms with Gasteiger partial charge in [0, 0.05) is 17.0 Å². The highest BCUT2D eigenvalue weighted by atomic mass is 32.2. The number of hydrogen-bond donors (Lipinski definition) is 1. The Bertz CT molecular complexity index is 161. The molecule has 0 aromatic heterocycles. The lowest BCUT2D eigenvalue weighted by Gasteiger charge is -2.17. The molecule has 1 nitrogen and oxygen atoms in total. The second-order valence-corrected chi connectivity index (χ2v) is 5.26. The zero-order valence-corrected chi connectivity index (χ0v) is 9.62. The van der Waals surface area contributed by atoms with Gasteiger partial charge in [-0.3, -0.25) is 0 Å². The van der Waals surface area contributed by atoms with Crippen molar-refractivity contribution >= 4 is 11.8 Å². The molecule has 1 fully saturated rings. The Balaban J connectivity index is 2.18. The number of likely N-dealkylation sites (N-methyl/N-ethyl adjacent to an activating group) is 1. The highest BCUT2D eigenvalue weighted by Crippen LogP contribution is 2.30. The number of rotatable bonds is 5. The molecular formula is C11H21NS. The van der Waals surface area contributed by atoms with Crippen molar-refractivity contribution in [1.29, 1.82) is 0 Å². The normalized spacial score (nSPS) is 20.5. The van der Waals surface area contributed by atoms with Crippen LogP contribution in [0.25, 0.3) is 0 Å². The molecule has 0 aromatic carbocycles. The number of hydrogen-bond acceptors (Lipinski definition) is 2. The molecule has 0 radical (unpaired) electrons. The third-order valence-corrected chi connectivity index (χ3v) is 4.21. The van der Waals surface area contributed by atoms with E-state index in [0.29, 0.717) is 6.04 Å². The maximum atomic E-state index is 4.00. The van der Waals surface area contributed by atoms with Gasteiger partial charge in [-0.15, -0.1) is 0 Å². The van der Waals surface area contributed by atoms with Crippen LogP contribution in [0.5, 0.6) is 0 Å². The van der Waals surface area contributed by atoms with Crippen molar-refractivity contribution in [1.82, 2.24) is 5.32 Å². The van der Waals surface area contributed by atoms with Gasteiger partial charge in [-0.05, 0) is 26.8 Å². The average Bonchev–Trinajstić information content (AvgIpc) is 2.57. The van der Waals surface area contributed by atoms with Gasteiger partial charge in [0.2, 0.25) is 0 Å². The van der Waals surface area contributed by atoms with E-state index in [-0.39, 0.29) is 0 Å². The molecule has 76 valence electrons. The smallest absolute Gasteiger partial charge is 0.0363 e. The third kappa shape index (κ3) is 3.74. The third-order valence-electron chi connectivity index (χ3n) is 2.74. The Labute approximate surface area is 86.4 Å². The van der Waals surface area contributed by atoms with E-state index in [1.54, 1.807) is 0 Å². The monoisotopic (exact) mass is 199 g/mol. The Hall–Kier alpha value is 0.0500. The van der Waals surface area contributed by atoms with E-state index in [2.05, 4.69) is 30.6 Å². The van der Waals surface area contributed by atoms with Gasteiger partial charge in [-0.1, -0.05) is 25.0 Å². The summed E-state index contributed by atoms with van der Waals surface area (Å²) < 4.78 is 0. The first-order chi connectivity index (χ1) is 6.24. The van der Waals surface area contributed by atoms with Gasteiger partial charge in [0.25, 0.3) is 0 Å². The van der Waals surface area contributed by atoms with E-state index in [1.807, 2.05) is 7.05 Å². The summed E-state index contributed by atoms with van der Waals surface area (Å²) in [5.74, 6) is 1.19. The van der Waals surface area contributed by atoms with Crippen molar-refractivity contribution in [3.63, 3.8) is 0 Å². The summed E-state index contributed by atoms with van der Waals surface area (Å²) in [6.07, 6.45) is 5.73. The van der Waals surface area contributed by atoms with Crippen LogP contribution in [0.4, 0.5) is 0 Å². The molecule has 1 aliphatic rings. The first kappa shape index (κ1) is 11.1. The SMILES string of the molecule is C=C(C)C(CSC1CCCC1)NC. The van der Waals surface area contributed by atoms with E-state index in [9.17, 15) is 0 Å². The molecule has 1 rings (SSSR count). The Kier molecular flexibility index (Phi) is 4.89. The molecule has 0 saturated heterocycles. The fraction of sp³-hybridized carbons (Fsp3) is 0.818. The van der Waals surface area contributed by atoms with Crippen LogP contribution in [0.3, 0.4) is 0 Å². The summed E-state index contributed by atoms with van der Waals surface area (Å²) in [5.41, 5.74) is 1.26. The predicted octanol–water partition coefficient (Wildman–Crippen LogP) is 2.83. The van der Waals surface area contributed by atoms with Crippen LogP contribution < -0.4 is 5.32 Å². The Morgan fingerprint density at radius 1 is 1.54 bits per heavy atom. The molecule has 1 aliphatic carbocycles. The van der Waals surface area contributed by atoms with E-state index < -0.39 is 0 Å².